The van der Waals surface area contributed by atoms with Gasteiger partial charge in [-0.25, -0.2) is 0 Å². The molecule has 3 fully saturated rings. The Labute approximate surface area is 235 Å². The Kier molecular flexibility index (Phi) is 6.90. The number of likely N-dealkylation sites (tertiary alicyclic amines) is 1. The van der Waals surface area contributed by atoms with E-state index in [1.165, 1.54) is 6.42 Å². The predicted molar refractivity (Wildman–Crippen MR) is 150 cm³/mol. The van der Waals surface area contributed by atoms with Crippen LogP contribution >= 0.6 is 0 Å². The second-order valence-corrected chi connectivity index (χ2v) is 11.8. The number of aryl methyl sites for hydroxylation is 1. The number of nitrogens with zero attached hydrogens (tertiary/aromatic N) is 1. The number of fused-ring (bicyclic) bond motifs is 1. The zero-order chi connectivity index (χ0) is 28.0. The number of carbonyl (C=O) groups excluding carboxylic acids is 3. The van der Waals surface area contributed by atoms with Crippen LogP contribution in [0, 0.1) is 24.7 Å². The number of rotatable bonds is 7. The Hall–Kier alpha value is -3.65. The lowest BCUT2D eigenvalue weighted by molar-refractivity contribution is -0.142. The molecule has 3 amide bonds. The van der Waals surface area contributed by atoms with E-state index in [1.54, 1.807) is 36.3 Å². The van der Waals surface area contributed by atoms with E-state index >= 15 is 0 Å². The van der Waals surface area contributed by atoms with Crippen molar-refractivity contribution in [1.82, 2.24) is 10.2 Å². The van der Waals surface area contributed by atoms with Crippen molar-refractivity contribution in [3.05, 3.63) is 71.8 Å². The molecule has 0 aromatic heterocycles. The molecule has 210 valence electrons. The molecule has 8 heteroatoms. The molecule has 6 rings (SSSR count). The van der Waals surface area contributed by atoms with Crippen LogP contribution in [0.2, 0.25) is 0 Å². The van der Waals surface area contributed by atoms with Gasteiger partial charge >= 0.3 is 0 Å². The molecule has 5 unspecified atom stereocenters. The van der Waals surface area contributed by atoms with Crippen molar-refractivity contribution in [1.29, 1.82) is 0 Å². The monoisotopic (exact) mass is 543 g/mol. The summed E-state index contributed by atoms with van der Waals surface area (Å²) >= 11 is 0. The summed E-state index contributed by atoms with van der Waals surface area (Å²) in [5, 5.41) is 6.24. The number of amides is 3. The van der Waals surface area contributed by atoms with E-state index in [4.69, 9.17) is 9.47 Å². The second kappa shape index (κ2) is 10.4. The normalized spacial score (nSPS) is 32.2. The third kappa shape index (κ3) is 4.48. The lowest BCUT2D eigenvalue weighted by atomic mass is 9.74. The second-order valence-electron chi connectivity index (χ2n) is 11.8. The summed E-state index contributed by atoms with van der Waals surface area (Å²) in [5.41, 5.74) is 1.43. The number of hydrogen-bond donors (Lipinski definition) is 2. The van der Waals surface area contributed by atoms with Gasteiger partial charge < -0.3 is 25.0 Å². The highest BCUT2D eigenvalue weighted by molar-refractivity contribution is 6.02. The average molecular weight is 544 g/mol. The van der Waals surface area contributed by atoms with Crippen molar-refractivity contribution in [2.24, 2.45) is 17.8 Å². The van der Waals surface area contributed by atoms with Crippen molar-refractivity contribution in [3.8, 4) is 5.75 Å². The maximum absolute atomic E-state index is 14.2. The number of anilines is 1. The Balaban J connectivity index is 1.32. The van der Waals surface area contributed by atoms with Crippen LogP contribution in [0.25, 0.3) is 0 Å². The van der Waals surface area contributed by atoms with Crippen molar-refractivity contribution in [2.75, 3.05) is 12.4 Å². The predicted octanol–water partition coefficient (Wildman–Crippen LogP) is 3.99. The minimum Gasteiger partial charge on any atom is -0.497 e. The maximum atomic E-state index is 14.2. The molecule has 2 bridgehead atoms. The summed E-state index contributed by atoms with van der Waals surface area (Å²) in [7, 11) is 1.57. The molecule has 7 atom stereocenters. The van der Waals surface area contributed by atoms with E-state index in [0.717, 1.165) is 30.4 Å². The molecule has 8 nitrogen and oxygen atoms in total. The molecule has 1 aliphatic carbocycles. The first-order chi connectivity index (χ1) is 19.3. The van der Waals surface area contributed by atoms with Gasteiger partial charge in [-0.3, -0.25) is 14.4 Å². The number of ether oxygens (including phenoxy) is 2. The molecule has 2 N–H and O–H groups in total. The Morgan fingerprint density at radius 3 is 2.62 bits per heavy atom. The molecule has 1 saturated carbocycles. The summed E-state index contributed by atoms with van der Waals surface area (Å²) in [6.45, 7) is 4.45. The Bertz CT molecular complexity index is 1340. The van der Waals surface area contributed by atoms with Gasteiger partial charge in [0.2, 0.25) is 17.7 Å². The van der Waals surface area contributed by atoms with Crippen LogP contribution in [0.1, 0.15) is 43.7 Å². The first-order valence-corrected chi connectivity index (χ1v) is 14.3. The van der Waals surface area contributed by atoms with Gasteiger partial charge in [-0.2, -0.15) is 0 Å². The van der Waals surface area contributed by atoms with Gasteiger partial charge in [0.25, 0.3) is 0 Å². The first kappa shape index (κ1) is 26.6. The van der Waals surface area contributed by atoms with Gasteiger partial charge in [0.1, 0.15) is 17.4 Å². The van der Waals surface area contributed by atoms with Crippen LogP contribution in [0.5, 0.6) is 5.75 Å². The van der Waals surface area contributed by atoms with E-state index in [-0.39, 0.29) is 30.3 Å². The molecule has 4 aliphatic rings. The van der Waals surface area contributed by atoms with Gasteiger partial charge in [0.15, 0.2) is 0 Å². The van der Waals surface area contributed by atoms with Crippen LogP contribution in [0.15, 0.2) is 60.7 Å². The van der Waals surface area contributed by atoms with E-state index in [9.17, 15) is 14.4 Å². The molecule has 2 aromatic carbocycles. The standard InChI is InChI=1S/C32H37N3O5/c1-19-11-13-21(14-12-19)18-35-28(30(37)34-24-10-5-4-7-20(24)2)32-16-15-25(40-32)26(27(32)31(35)38)29(36)33-22-8-6-9-23(17-22)39-3/h6,8-9,11-17,20,24-28H,4-5,7,10,18H2,1-3H3,(H,33,36)(H,34,37)/t20?,24?,25-,26?,27-,28?,32?/m1/s1. The number of hydrogen-bond acceptors (Lipinski definition) is 5. The molecule has 3 aliphatic heterocycles. The quantitative estimate of drug-likeness (QED) is 0.515. The van der Waals surface area contributed by atoms with Gasteiger partial charge in [-0.1, -0.05) is 67.8 Å². The Morgan fingerprint density at radius 2 is 1.88 bits per heavy atom. The fraction of sp³-hybridized carbons (Fsp3) is 0.469. The van der Waals surface area contributed by atoms with Crippen molar-refractivity contribution in [3.63, 3.8) is 0 Å². The van der Waals surface area contributed by atoms with Gasteiger partial charge in [0.05, 0.1) is 25.0 Å². The largest absolute Gasteiger partial charge is 0.497 e. The van der Waals surface area contributed by atoms with Crippen LogP contribution in [0.4, 0.5) is 5.69 Å². The highest BCUT2D eigenvalue weighted by atomic mass is 16.5. The SMILES string of the molecule is COc1cccc(NC(=O)C2[C@H]3C=CC4(O3)C(C(=O)NC3CCCCC3C)N(Cc3ccc(C)cc3)C(=O)[C@@H]24)c1. The van der Waals surface area contributed by atoms with Crippen LogP contribution in [0.3, 0.4) is 0 Å². The molecular formula is C32H37N3O5. The third-order valence-electron chi connectivity index (χ3n) is 9.17. The summed E-state index contributed by atoms with van der Waals surface area (Å²) in [5.74, 6) is -1.30. The fourth-order valence-corrected chi connectivity index (χ4v) is 7.05. The van der Waals surface area contributed by atoms with E-state index in [1.807, 2.05) is 43.3 Å². The summed E-state index contributed by atoms with van der Waals surface area (Å²) < 4.78 is 11.8. The maximum Gasteiger partial charge on any atom is 0.246 e. The molecule has 40 heavy (non-hydrogen) atoms. The minimum absolute atomic E-state index is 0.0581. The smallest absolute Gasteiger partial charge is 0.246 e. The number of benzene rings is 2. The molecule has 1 spiro atoms. The lowest BCUT2D eigenvalue weighted by Gasteiger charge is -2.36. The summed E-state index contributed by atoms with van der Waals surface area (Å²) in [4.78, 5) is 43.6. The molecule has 2 saturated heterocycles. The average Bonchev–Trinajstić information content (AvgIpc) is 3.59. The molecule has 0 radical (unpaired) electrons. The number of carbonyl (C=O) groups is 3. The van der Waals surface area contributed by atoms with Gasteiger partial charge in [-0.05, 0) is 43.4 Å². The zero-order valence-electron chi connectivity index (χ0n) is 23.3. The van der Waals surface area contributed by atoms with Gasteiger partial charge in [0, 0.05) is 24.3 Å². The van der Waals surface area contributed by atoms with E-state index in [0.29, 0.717) is 17.4 Å². The highest BCUT2D eigenvalue weighted by Crippen LogP contribution is 2.55. The van der Waals surface area contributed by atoms with Crippen LogP contribution < -0.4 is 15.4 Å². The Morgan fingerprint density at radius 1 is 1.10 bits per heavy atom. The lowest BCUT2D eigenvalue weighted by Crippen LogP contribution is -2.57. The van der Waals surface area contributed by atoms with Crippen molar-refractivity contribution in [2.45, 2.75) is 69.9 Å². The van der Waals surface area contributed by atoms with E-state index in [2.05, 4.69) is 17.6 Å². The summed E-state index contributed by atoms with van der Waals surface area (Å²) in [6.07, 6.45) is 7.36. The zero-order valence-corrected chi connectivity index (χ0v) is 23.3. The van der Waals surface area contributed by atoms with Crippen LogP contribution in [-0.4, -0.2) is 53.5 Å². The van der Waals surface area contributed by atoms with Crippen LogP contribution in [-0.2, 0) is 25.7 Å². The topological polar surface area (TPSA) is 97.0 Å². The minimum atomic E-state index is -1.19. The molecular weight excluding hydrogens is 506 g/mol. The van der Waals surface area contributed by atoms with Gasteiger partial charge in [-0.15, -0.1) is 0 Å². The fourth-order valence-electron chi connectivity index (χ4n) is 7.05. The molecule has 2 aromatic rings. The highest BCUT2D eigenvalue weighted by Gasteiger charge is 2.72. The van der Waals surface area contributed by atoms with Crippen molar-refractivity contribution < 1.29 is 23.9 Å². The molecule has 3 heterocycles. The third-order valence-corrected chi connectivity index (χ3v) is 9.17. The number of nitrogens with one attached hydrogen (secondary N) is 2. The van der Waals surface area contributed by atoms with Crippen molar-refractivity contribution >= 4 is 23.4 Å². The number of methoxy groups -OCH3 is 1. The van der Waals surface area contributed by atoms with E-state index < -0.39 is 29.6 Å². The first-order valence-electron chi connectivity index (χ1n) is 14.3. The summed E-state index contributed by atoms with van der Waals surface area (Å²) in [6, 6.07) is 14.3.